The molecule has 0 spiro atoms. The molecule has 1 aromatic rings. The predicted molar refractivity (Wildman–Crippen MR) is 62.9 cm³/mol. The van der Waals surface area contributed by atoms with Gasteiger partial charge in [0, 0.05) is 12.6 Å². The second kappa shape index (κ2) is 5.44. The Labute approximate surface area is 95.7 Å². The highest BCUT2D eigenvalue weighted by Gasteiger charge is 2.18. The normalized spacial score (nSPS) is 10.5. The second-order valence-corrected chi connectivity index (χ2v) is 3.92. The fourth-order valence-corrected chi connectivity index (χ4v) is 1.43. The third-order valence-electron chi connectivity index (χ3n) is 2.24. The molecule has 0 bridgehead atoms. The van der Waals surface area contributed by atoms with Gasteiger partial charge in [-0.15, -0.1) is 0 Å². The van der Waals surface area contributed by atoms with E-state index < -0.39 is 0 Å². The number of carbonyl (C=O) groups excluding carboxylic acids is 1. The molecule has 5 heteroatoms. The third-order valence-corrected chi connectivity index (χ3v) is 2.24. The van der Waals surface area contributed by atoms with Crippen LogP contribution in [0.15, 0.2) is 12.4 Å². The van der Waals surface area contributed by atoms with Crippen LogP contribution in [0.5, 0.6) is 0 Å². The van der Waals surface area contributed by atoms with Crippen LogP contribution in [0.2, 0.25) is 0 Å². The first-order valence-electron chi connectivity index (χ1n) is 5.44. The highest BCUT2D eigenvalue weighted by atomic mass is 16.2. The fraction of sp³-hybridized carbons (Fsp3) is 0.545. The summed E-state index contributed by atoms with van der Waals surface area (Å²) in [6.45, 7) is 6.73. The molecular weight excluding hydrogens is 204 g/mol. The number of nitrogens with zero attached hydrogens (tertiary/aromatic N) is 3. The van der Waals surface area contributed by atoms with Crippen molar-refractivity contribution in [3.05, 3.63) is 18.1 Å². The van der Waals surface area contributed by atoms with Gasteiger partial charge in [0.25, 0.3) is 5.91 Å². The Kier molecular flexibility index (Phi) is 4.22. The van der Waals surface area contributed by atoms with Crippen LogP contribution in [0, 0.1) is 0 Å². The summed E-state index contributed by atoms with van der Waals surface area (Å²) in [7, 11) is 0. The van der Waals surface area contributed by atoms with Crippen molar-refractivity contribution in [1.29, 1.82) is 0 Å². The molecule has 88 valence electrons. The second-order valence-electron chi connectivity index (χ2n) is 3.92. The minimum Gasteiger partial charge on any atom is -0.382 e. The lowest BCUT2D eigenvalue weighted by Gasteiger charge is -2.25. The van der Waals surface area contributed by atoms with E-state index in [1.807, 2.05) is 20.8 Å². The largest absolute Gasteiger partial charge is 0.382 e. The molecule has 0 fully saturated rings. The minimum atomic E-state index is -0.0932. The first-order chi connectivity index (χ1) is 7.56. The van der Waals surface area contributed by atoms with Gasteiger partial charge < -0.3 is 10.6 Å². The van der Waals surface area contributed by atoms with Gasteiger partial charge in [-0.25, -0.2) is 9.97 Å². The molecule has 1 heterocycles. The van der Waals surface area contributed by atoms with Crippen LogP contribution < -0.4 is 5.73 Å². The molecule has 2 N–H and O–H groups in total. The summed E-state index contributed by atoms with van der Waals surface area (Å²) < 4.78 is 0. The highest BCUT2D eigenvalue weighted by molar-refractivity contribution is 5.92. The number of amides is 1. The lowest BCUT2D eigenvalue weighted by molar-refractivity contribution is 0.0699. The Hall–Kier alpha value is -1.65. The maximum absolute atomic E-state index is 12.1. The number of carbonyl (C=O) groups is 1. The number of aromatic nitrogens is 2. The van der Waals surface area contributed by atoms with Crippen LogP contribution in [0.25, 0.3) is 0 Å². The van der Waals surface area contributed by atoms with Crippen LogP contribution >= 0.6 is 0 Å². The Morgan fingerprint density at radius 2 is 2.12 bits per heavy atom. The van der Waals surface area contributed by atoms with Gasteiger partial charge in [0.1, 0.15) is 11.5 Å². The molecule has 1 aromatic heterocycles. The van der Waals surface area contributed by atoms with E-state index in [2.05, 4.69) is 9.97 Å². The molecule has 0 aliphatic rings. The van der Waals surface area contributed by atoms with E-state index in [4.69, 9.17) is 5.73 Å². The van der Waals surface area contributed by atoms with Gasteiger partial charge >= 0.3 is 0 Å². The quantitative estimate of drug-likeness (QED) is 0.834. The predicted octanol–water partition coefficient (Wildman–Crippen LogP) is 1.32. The summed E-state index contributed by atoms with van der Waals surface area (Å²) >= 11 is 0. The fourth-order valence-electron chi connectivity index (χ4n) is 1.43. The average Bonchev–Trinajstić information content (AvgIpc) is 2.25. The van der Waals surface area contributed by atoms with Crippen LogP contribution in [-0.4, -0.2) is 33.4 Å². The van der Waals surface area contributed by atoms with Crippen molar-refractivity contribution in [2.24, 2.45) is 0 Å². The lowest BCUT2D eigenvalue weighted by Crippen LogP contribution is -2.38. The minimum absolute atomic E-state index is 0.0932. The zero-order valence-electron chi connectivity index (χ0n) is 9.97. The molecule has 16 heavy (non-hydrogen) atoms. The number of anilines is 1. The topological polar surface area (TPSA) is 72.1 Å². The van der Waals surface area contributed by atoms with E-state index in [0.29, 0.717) is 11.5 Å². The van der Waals surface area contributed by atoms with Gasteiger partial charge in [-0.1, -0.05) is 6.92 Å². The molecule has 0 aromatic carbocycles. The summed E-state index contributed by atoms with van der Waals surface area (Å²) in [5.74, 6) is 0.229. The molecule has 0 atom stereocenters. The Bertz CT molecular complexity index is 348. The van der Waals surface area contributed by atoms with Crippen LogP contribution in [0.1, 0.15) is 37.7 Å². The summed E-state index contributed by atoms with van der Waals surface area (Å²) in [5.41, 5.74) is 5.77. The maximum Gasteiger partial charge on any atom is 0.274 e. The number of nitrogens with two attached hydrogens (primary N) is 1. The summed E-state index contributed by atoms with van der Waals surface area (Å²) in [6.07, 6.45) is 3.74. The molecule has 0 saturated carbocycles. The van der Waals surface area contributed by atoms with Gasteiger partial charge in [0.2, 0.25) is 0 Å². The molecule has 0 saturated heterocycles. The van der Waals surface area contributed by atoms with Crippen molar-refractivity contribution < 1.29 is 4.79 Å². The molecule has 5 nitrogen and oxygen atoms in total. The molecule has 0 aliphatic carbocycles. The van der Waals surface area contributed by atoms with Crippen molar-refractivity contribution in [1.82, 2.24) is 14.9 Å². The van der Waals surface area contributed by atoms with Gasteiger partial charge in [0.05, 0.1) is 12.4 Å². The van der Waals surface area contributed by atoms with E-state index in [9.17, 15) is 4.79 Å². The molecule has 0 unspecified atom stereocenters. The number of hydrogen-bond acceptors (Lipinski definition) is 4. The smallest absolute Gasteiger partial charge is 0.274 e. The summed E-state index contributed by atoms with van der Waals surface area (Å²) in [4.78, 5) is 21.7. The monoisotopic (exact) mass is 222 g/mol. The number of rotatable bonds is 4. The van der Waals surface area contributed by atoms with Gasteiger partial charge in [-0.05, 0) is 20.3 Å². The van der Waals surface area contributed by atoms with Crippen molar-refractivity contribution in [3.8, 4) is 0 Å². The zero-order valence-corrected chi connectivity index (χ0v) is 9.97. The maximum atomic E-state index is 12.1. The molecule has 1 rings (SSSR count). The first kappa shape index (κ1) is 12.4. The average molecular weight is 222 g/mol. The number of hydrogen-bond donors (Lipinski definition) is 1. The van der Waals surface area contributed by atoms with Crippen molar-refractivity contribution in [2.75, 3.05) is 12.3 Å². The van der Waals surface area contributed by atoms with E-state index in [1.54, 1.807) is 4.90 Å². The summed E-state index contributed by atoms with van der Waals surface area (Å²) in [5, 5.41) is 0. The van der Waals surface area contributed by atoms with Gasteiger partial charge in [-0.3, -0.25) is 4.79 Å². The lowest BCUT2D eigenvalue weighted by atomic mass is 10.2. The zero-order chi connectivity index (χ0) is 12.1. The van der Waals surface area contributed by atoms with Gasteiger partial charge in [-0.2, -0.15) is 0 Å². The Morgan fingerprint density at radius 1 is 1.44 bits per heavy atom. The van der Waals surface area contributed by atoms with Crippen molar-refractivity contribution in [3.63, 3.8) is 0 Å². The molecule has 1 amide bonds. The van der Waals surface area contributed by atoms with E-state index in [-0.39, 0.29) is 11.9 Å². The number of nitrogen functional groups attached to an aromatic ring is 1. The Morgan fingerprint density at radius 3 is 2.56 bits per heavy atom. The highest BCUT2D eigenvalue weighted by Crippen LogP contribution is 2.07. The van der Waals surface area contributed by atoms with Crippen LogP contribution in [0.4, 0.5) is 5.82 Å². The molecule has 0 radical (unpaired) electrons. The van der Waals surface area contributed by atoms with Crippen molar-refractivity contribution in [2.45, 2.75) is 33.2 Å². The Balaban J connectivity index is 2.86. The molecular formula is C11H18N4O. The van der Waals surface area contributed by atoms with E-state index >= 15 is 0 Å². The SMILES string of the molecule is CCCN(C(=O)c1cnc(N)cn1)C(C)C. The standard InChI is InChI=1S/C11H18N4O/c1-4-5-15(8(2)3)11(16)9-6-14-10(12)7-13-9/h6-8H,4-5H2,1-3H3,(H2,12,14). The van der Waals surface area contributed by atoms with E-state index in [1.165, 1.54) is 12.4 Å². The third kappa shape index (κ3) is 2.92. The van der Waals surface area contributed by atoms with Crippen LogP contribution in [-0.2, 0) is 0 Å². The van der Waals surface area contributed by atoms with Crippen LogP contribution in [0.3, 0.4) is 0 Å². The van der Waals surface area contributed by atoms with Gasteiger partial charge in [0.15, 0.2) is 0 Å². The molecule has 0 aliphatic heterocycles. The van der Waals surface area contributed by atoms with Crippen molar-refractivity contribution >= 4 is 11.7 Å². The first-order valence-corrected chi connectivity index (χ1v) is 5.44. The van der Waals surface area contributed by atoms with E-state index in [0.717, 1.165) is 13.0 Å². The summed E-state index contributed by atoms with van der Waals surface area (Å²) in [6, 6.07) is 0.159.